The smallest absolute Gasteiger partial charge is 0.329 e. The van der Waals surface area contributed by atoms with Crippen molar-refractivity contribution in [1.29, 1.82) is 0 Å². The molecule has 422 valence electrons. The number of unbranched alkanes of at least 4 members (excludes halogenated alkanes) is 3. The van der Waals surface area contributed by atoms with Crippen molar-refractivity contribution in [2.75, 3.05) is 13.1 Å². The van der Waals surface area contributed by atoms with Crippen LogP contribution in [0.25, 0.3) is 10.9 Å². The molecular weight excluding hydrogens is 1060 g/mol. The molecule has 9 amide bonds. The summed E-state index contributed by atoms with van der Waals surface area (Å²) < 4.78 is 11.8. The molecule has 5 heterocycles. The maximum Gasteiger partial charge on any atom is 0.329 e. The molecule has 3 saturated heterocycles. The van der Waals surface area contributed by atoms with E-state index in [-0.39, 0.29) is 81.6 Å². The second kappa shape index (κ2) is 25.3. The summed E-state index contributed by atoms with van der Waals surface area (Å²) in [5, 5.41) is 11.5. The average molecular weight is 1120 g/mol. The lowest BCUT2D eigenvalue weighted by Gasteiger charge is -2.39. The highest BCUT2D eigenvalue weighted by Gasteiger charge is 2.46. The Morgan fingerprint density at radius 1 is 0.815 bits per heavy atom. The number of carbonyl (C=O) groups is 9. The van der Waals surface area contributed by atoms with Crippen LogP contribution >= 0.6 is 7.60 Å². The van der Waals surface area contributed by atoms with E-state index in [1.165, 1.54) is 21.9 Å². The predicted molar refractivity (Wildman–Crippen MR) is 296 cm³/mol. The van der Waals surface area contributed by atoms with Crippen molar-refractivity contribution in [3.63, 3.8) is 0 Å². The molecule has 1 aromatic heterocycles. The van der Waals surface area contributed by atoms with Crippen LogP contribution in [0.2, 0.25) is 0 Å². The van der Waals surface area contributed by atoms with Crippen LogP contribution in [0, 0.1) is 11.8 Å². The number of H-pyrrole nitrogens is 1. The molecule has 4 aliphatic heterocycles. The number of nitrogens with zero attached hydrogens (tertiary/aromatic N) is 3. The van der Waals surface area contributed by atoms with Crippen LogP contribution < -0.4 is 27.0 Å². The minimum atomic E-state index is -4.40. The zero-order valence-electron chi connectivity index (χ0n) is 44.4. The summed E-state index contributed by atoms with van der Waals surface area (Å²) >= 11 is 0. The maximum absolute atomic E-state index is 15.0. The Labute approximate surface area is 467 Å². The number of hydrogen-bond donors (Lipinski definition) is 8. The van der Waals surface area contributed by atoms with E-state index in [0.29, 0.717) is 66.1 Å². The molecule has 2 unspecified atom stereocenters. The molecule has 4 aliphatic rings. The molecule has 3 fully saturated rings. The van der Waals surface area contributed by atoms with Gasteiger partial charge in [-0.3, -0.25) is 53.0 Å². The van der Waals surface area contributed by atoms with Gasteiger partial charge in [-0.05, 0) is 97.5 Å². The van der Waals surface area contributed by atoms with Crippen LogP contribution in [0.5, 0.6) is 0 Å². The van der Waals surface area contributed by atoms with Gasteiger partial charge in [-0.15, -0.1) is 0 Å². The van der Waals surface area contributed by atoms with Crippen molar-refractivity contribution >= 4 is 71.7 Å². The van der Waals surface area contributed by atoms with E-state index >= 15 is 4.79 Å². The summed E-state index contributed by atoms with van der Waals surface area (Å²) in [5.41, 5.74) is 9.85. The third kappa shape index (κ3) is 13.9. The Balaban J connectivity index is 0.875. The molecule has 81 heavy (non-hydrogen) atoms. The quantitative estimate of drug-likeness (QED) is 0.0252. The number of piperidine rings is 1. The van der Waals surface area contributed by atoms with Crippen molar-refractivity contribution in [3.8, 4) is 11.8 Å². The van der Waals surface area contributed by atoms with Gasteiger partial charge in [0.05, 0.1) is 12.2 Å². The summed E-state index contributed by atoms with van der Waals surface area (Å²) in [6.45, 7) is 0.172. The van der Waals surface area contributed by atoms with Gasteiger partial charge >= 0.3 is 7.60 Å². The first-order valence-electron chi connectivity index (χ1n) is 27.2. The molecule has 4 aromatic carbocycles. The van der Waals surface area contributed by atoms with Gasteiger partial charge in [0, 0.05) is 73.4 Å². The van der Waals surface area contributed by atoms with Crippen molar-refractivity contribution in [2.45, 2.75) is 126 Å². The fourth-order valence-corrected chi connectivity index (χ4v) is 11.9. The number of imide groups is 1. The molecule has 0 spiro atoms. The van der Waals surface area contributed by atoms with Gasteiger partial charge in [0.1, 0.15) is 29.9 Å². The largest absolute Gasteiger partial charge is 0.370 e. The van der Waals surface area contributed by atoms with Crippen molar-refractivity contribution in [1.82, 2.24) is 41.0 Å². The molecule has 9 rings (SSSR count). The number of nitrogens with one attached hydrogen (secondary N) is 5. The summed E-state index contributed by atoms with van der Waals surface area (Å²) in [4.78, 5) is 148. The summed E-state index contributed by atoms with van der Waals surface area (Å²) in [5.74, 6) is 1.75. The number of aromatic nitrogens is 1. The molecular formula is C59H64N9O12P. The van der Waals surface area contributed by atoms with E-state index < -0.39 is 85.5 Å². The number of primary amides is 1. The molecule has 22 heteroatoms. The van der Waals surface area contributed by atoms with Gasteiger partial charge < -0.3 is 51.2 Å². The SMILES string of the molecule is NC(=O)CCC(NC(=O)[C@@H]1CC[C@@H]2CCN(C(=O)CCCCCC#Cc3cccc4c3CN(C3CCC(=O)NC3=O)C4=O)C[C@H](NC(=O)c3cc4cc(CP(=O)(O)O)ccc4[nH]3)C(=O)N21)C(=O)NC(c1ccccc1)c1ccccc1. The van der Waals surface area contributed by atoms with Gasteiger partial charge in [-0.1, -0.05) is 91.1 Å². The highest BCUT2D eigenvalue weighted by molar-refractivity contribution is 7.50. The van der Waals surface area contributed by atoms with Gasteiger partial charge in [-0.2, -0.15) is 0 Å². The number of benzene rings is 4. The third-order valence-corrected chi connectivity index (χ3v) is 16.1. The molecule has 0 aliphatic carbocycles. The van der Waals surface area contributed by atoms with Gasteiger partial charge in [0.15, 0.2) is 0 Å². The number of nitrogens with two attached hydrogens (primary N) is 1. The highest BCUT2D eigenvalue weighted by atomic mass is 31.2. The number of amides is 9. The van der Waals surface area contributed by atoms with Crippen LogP contribution in [-0.2, 0) is 50.8 Å². The fourth-order valence-electron chi connectivity index (χ4n) is 11.2. The van der Waals surface area contributed by atoms with Crippen LogP contribution in [0.1, 0.15) is 132 Å². The predicted octanol–water partition coefficient (Wildman–Crippen LogP) is 3.96. The van der Waals surface area contributed by atoms with Crippen molar-refractivity contribution in [3.05, 3.63) is 142 Å². The maximum atomic E-state index is 15.0. The van der Waals surface area contributed by atoms with E-state index in [4.69, 9.17) is 5.73 Å². The summed E-state index contributed by atoms with van der Waals surface area (Å²) in [6.07, 6.45) is 2.85. The zero-order valence-corrected chi connectivity index (χ0v) is 45.3. The lowest BCUT2D eigenvalue weighted by atomic mass is 9.98. The number of aromatic amines is 1. The zero-order chi connectivity index (χ0) is 57.4. The van der Waals surface area contributed by atoms with Gasteiger partial charge in [-0.25, -0.2) is 0 Å². The number of fused-ring (bicyclic) bond motifs is 3. The first-order valence-corrected chi connectivity index (χ1v) is 29.0. The lowest BCUT2D eigenvalue weighted by molar-refractivity contribution is -0.145. The van der Waals surface area contributed by atoms with Gasteiger partial charge in [0.2, 0.25) is 41.4 Å². The molecule has 5 atom stereocenters. The van der Waals surface area contributed by atoms with Gasteiger partial charge in [0.25, 0.3) is 11.8 Å². The van der Waals surface area contributed by atoms with E-state index in [2.05, 4.69) is 38.1 Å². The van der Waals surface area contributed by atoms with E-state index in [0.717, 1.165) is 16.7 Å². The molecule has 5 aromatic rings. The Bertz CT molecular complexity index is 3330. The third-order valence-electron chi connectivity index (χ3n) is 15.3. The fraction of sp³-hybridized carbons (Fsp3) is 0.373. The Morgan fingerprint density at radius 2 is 1.56 bits per heavy atom. The topological polar surface area (TPSA) is 311 Å². The average Bonchev–Trinajstić information content (AvgIpc) is 4.18. The van der Waals surface area contributed by atoms with Crippen LogP contribution in [0.3, 0.4) is 0 Å². The summed E-state index contributed by atoms with van der Waals surface area (Å²) in [7, 11) is -4.40. The first-order chi connectivity index (χ1) is 38.9. The number of hydrogen-bond acceptors (Lipinski definition) is 10. The van der Waals surface area contributed by atoms with Crippen LogP contribution in [-0.4, -0.2) is 126 Å². The standard InChI is InChI=1S/C59H64N9O12P/c60-50(69)27-24-45(54(72)65-53(38-14-7-4-8-15-38)39-16-9-5-10-17-39)62-57(75)49-25-22-41-29-30-66(34-47(59(77)68(41)49)63-55(73)46-32-40-31-36(35-81(78,79)80)21-23-44(40)61-46)52(71)20-11-3-1-2-6-13-37-18-12-19-42-43(37)33-67(58(42)76)48-26-28-51(70)64-56(48)74/h4-5,7-10,12,14-19,21,23,31-32,41,45,47-49,53,61H,1-3,11,20,22,24-30,33-35H2,(H2,60,69)(H,62,75)(H,63,73)(H,65,72)(H,64,70,74)(H2,78,79,80)/t41-,45?,47+,48?,49+/m1/s1. The van der Waals surface area contributed by atoms with E-state index in [9.17, 15) is 52.7 Å². The van der Waals surface area contributed by atoms with Crippen LogP contribution in [0.15, 0.2) is 103 Å². The second-order valence-electron chi connectivity index (χ2n) is 21.0. The van der Waals surface area contributed by atoms with Crippen molar-refractivity contribution in [2.24, 2.45) is 5.73 Å². The lowest BCUT2D eigenvalue weighted by Crippen LogP contribution is -2.62. The van der Waals surface area contributed by atoms with E-state index in [1.54, 1.807) is 29.2 Å². The minimum absolute atomic E-state index is 0.0355. The molecule has 0 bridgehead atoms. The Kier molecular flexibility index (Phi) is 17.9. The van der Waals surface area contributed by atoms with E-state index in [1.807, 2.05) is 66.7 Å². The Morgan fingerprint density at radius 3 is 2.26 bits per heavy atom. The molecule has 9 N–H and O–H groups in total. The number of rotatable bonds is 19. The number of carbonyl (C=O) groups excluding carboxylic acids is 9. The Hall–Kier alpha value is -8.44. The first kappa shape index (κ1) is 57.3. The molecule has 0 saturated carbocycles. The second-order valence-corrected chi connectivity index (χ2v) is 22.6. The monoisotopic (exact) mass is 1120 g/mol. The minimum Gasteiger partial charge on any atom is -0.370 e. The molecule has 0 radical (unpaired) electrons. The van der Waals surface area contributed by atoms with Crippen LogP contribution in [0.4, 0.5) is 0 Å². The van der Waals surface area contributed by atoms with Crippen molar-refractivity contribution < 1.29 is 57.5 Å². The molecule has 21 nitrogen and oxygen atoms in total. The summed E-state index contributed by atoms with van der Waals surface area (Å²) in [6, 6.07) is 24.4. The highest BCUT2D eigenvalue weighted by Crippen LogP contribution is 2.40. The normalized spacial score (nSPS) is 19.4.